The zero-order valence-corrected chi connectivity index (χ0v) is 17.2. The first kappa shape index (κ1) is 18.2. The average molecular weight is 383 g/mol. The molecular weight excluding hydrogens is 352 g/mol. The highest BCUT2D eigenvalue weighted by molar-refractivity contribution is 5.85. The first-order valence-corrected chi connectivity index (χ1v) is 10.3. The molecule has 3 bridgehead atoms. The molecule has 1 aromatic rings. The van der Waals surface area contributed by atoms with Gasteiger partial charge in [0, 0.05) is 35.1 Å². The SMILES string of the molecule is CC=C1CN2CCC34c5ccccc5NC3C2(C)CC1(C)C4(CO)C(=O)OC. The first-order chi connectivity index (χ1) is 13.4. The standard InChI is InChI=1S/C23H30N2O3/c1-5-15-12-25-11-10-22-16-8-6-7-9-17(16)24-18(22)21(25,3)13-20(15,2)23(22,14-26)19(27)28-4/h5-9,18,24,26H,10-14H2,1-4H3. The van der Waals surface area contributed by atoms with E-state index in [9.17, 15) is 9.90 Å². The Morgan fingerprint density at radius 1 is 1.39 bits per heavy atom. The van der Waals surface area contributed by atoms with Crippen molar-refractivity contribution in [2.75, 3.05) is 32.1 Å². The quantitative estimate of drug-likeness (QED) is 0.608. The smallest absolute Gasteiger partial charge is 0.316 e. The fourth-order valence-corrected chi connectivity index (χ4v) is 7.81. The zero-order chi connectivity index (χ0) is 19.9. The Bertz CT molecular complexity index is 898. The van der Waals surface area contributed by atoms with E-state index in [1.807, 2.05) is 6.07 Å². The number of nitrogens with zero attached hydrogens (tertiary/aromatic N) is 1. The van der Waals surface area contributed by atoms with Gasteiger partial charge in [-0.1, -0.05) is 36.8 Å². The Labute approximate surface area is 166 Å². The topological polar surface area (TPSA) is 61.8 Å². The largest absolute Gasteiger partial charge is 0.468 e. The van der Waals surface area contributed by atoms with Crippen LogP contribution in [0.1, 0.15) is 39.2 Å². The van der Waals surface area contributed by atoms with Crippen molar-refractivity contribution in [3.63, 3.8) is 0 Å². The number of hydrogen-bond acceptors (Lipinski definition) is 5. The number of hydrogen-bond donors (Lipinski definition) is 2. The number of methoxy groups -OCH3 is 1. The number of fused-ring (bicyclic) bond motifs is 2. The molecule has 3 heterocycles. The maximum atomic E-state index is 13.7. The number of piperidine rings is 2. The van der Waals surface area contributed by atoms with Crippen molar-refractivity contribution in [2.24, 2.45) is 10.8 Å². The highest BCUT2D eigenvalue weighted by Crippen LogP contribution is 2.74. The predicted octanol–water partition coefficient (Wildman–Crippen LogP) is 2.70. The van der Waals surface area contributed by atoms with Crippen LogP contribution in [0.5, 0.6) is 0 Å². The number of para-hydroxylation sites is 1. The van der Waals surface area contributed by atoms with Gasteiger partial charge in [-0.15, -0.1) is 0 Å². The molecular formula is C23H30N2O3. The van der Waals surface area contributed by atoms with Crippen LogP contribution >= 0.6 is 0 Å². The highest BCUT2D eigenvalue weighted by Gasteiger charge is 2.81. The van der Waals surface area contributed by atoms with Crippen molar-refractivity contribution in [3.8, 4) is 0 Å². The lowest BCUT2D eigenvalue weighted by Gasteiger charge is -2.74. The van der Waals surface area contributed by atoms with E-state index in [1.165, 1.54) is 12.7 Å². The summed E-state index contributed by atoms with van der Waals surface area (Å²) in [5.41, 5.74) is 1.41. The van der Waals surface area contributed by atoms with Crippen molar-refractivity contribution >= 4 is 11.7 Å². The van der Waals surface area contributed by atoms with Crippen LogP contribution in [-0.2, 0) is 14.9 Å². The Morgan fingerprint density at radius 3 is 2.82 bits per heavy atom. The lowest BCUT2D eigenvalue weighted by atomic mass is 9.35. The summed E-state index contributed by atoms with van der Waals surface area (Å²) in [5, 5.41) is 14.8. The van der Waals surface area contributed by atoms with Gasteiger partial charge in [-0.05, 0) is 38.3 Å². The predicted molar refractivity (Wildman–Crippen MR) is 108 cm³/mol. The summed E-state index contributed by atoms with van der Waals surface area (Å²) in [6, 6.07) is 8.41. The molecule has 5 heteroatoms. The Morgan fingerprint density at radius 2 is 2.14 bits per heavy atom. The summed E-state index contributed by atoms with van der Waals surface area (Å²) >= 11 is 0. The molecule has 150 valence electrons. The molecule has 2 saturated heterocycles. The second-order valence-electron chi connectivity index (χ2n) is 9.50. The van der Waals surface area contributed by atoms with Gasteiger partial charge in [-0.2, -0.15) is 0 Å². The maximum Gasteiger partial charge on any atom is 0.316 e. The fourth-order valence-electron chi connectivity index (χ4n) is 7.81. The lowest BCUT2D eigenvalue weighted by molar-refractivity contribution is -0.217. The highest BCUT2D eigenvalue weighted by atomic mass is 16.5. The molecule has 0 radical (unpaired) electrons. The van der Waals surface area contributed by atoms with E-state index < -0.39 is 16.2 Å². The van der Waals surface area contributed by atoms with Gasteiger partial charge in [-0.3, -0.25) is 9.69 Å². The Kier molecular flexibility index (Phi) is 3.50. The van der Waals surface area contributed by atoms with Gasteiger partial charge in [0.2, 0.25) is 0 Å². The van der Waals surface area contributed by atoms with Crippen molar-refractivity contribution in [3.05, 3.63) is 41.5 Å². The van der Waals surface area contributed by atoms with Gasteiger partial charge in [0.05, 0.1) is 19.8 Å². The molecule has 3 aliphatic heterocycles. The number of allylic oxidation sites excluding steroid dienone is 1. The van der Waals surface area contributed by atoms with E-state index in [4.69, 9.17) is 4.74 Å². The Hall–Kier alpha value is -1.85. The molecule has 0 spiro atoms. The molecule has 28 heavy (non-hydrogen) atoms. The molecule has 5 unspecified atom stereocenters. The number of esters is 1. The van der Waals surface area contributed by atoms with Crippen molar-refractivity contribution in [1.82, 2.24) is 4.90 Å². The summed E-state index contributed by atoms with van der Waals surface area (Å²) in [6.07, 6.45) is 3.82. The van der Waals surface area contributed by atoms with Gasteiger partial charge in [0.1, 0.15) is 5.41 Å². The third-order valence-electron chi connectivity index (χ3n) is 8.93. The second-order valence-corrected chi connectivity index (χ2v) is 9.50. The van der Waals surface area contributed by atoms with Crippen LogP contribution in [0.15, 0.2) is 35.9 Å². The van der Waals surface area contributed by atoms with Gasteiger partial charge in [0.15, 0.2) is 0 Å². The van der Waals surface area contributed by atoms with E-state index >= 15 is 0 Å². The Balaban J connectivity index is 1.92. The number of anilines is 1. The number of aliphatic hydroxyl groups is 1. The first-order valence-electron chi connectivity index (χ1n) is 10.3. The zero-order valence-electron chi connectivity index (χ0n) is 17.2. The molecule has 4 aliphatic rings. The van der Waals surface area contributed by atoms with Crippen LogP contribution < -0.4 is 5.32 Å². The molecule has 2 N–H and O–H groups in total. The fraction of sp³-hybridized carbons (Fsp3) is 0.609. The minimum absolute atomic E-state index is 0.0591. The molecule has 1 aromatic carbocycles. The summed E-state index contributed by atoms with van der Waals surface area (Å²) in [5.74, 6) is -0.280. The normalized spacial score (nSPS) is 44.8. The molecule has 0 aromatic heterocycles. The van der Waals surface area contributed by atoms with Crippen LogP contribution in [-0.4, -0.2) is 54.4 Å². The van der Waals surface area contributed by atoms with E-state index in [0.29, 0.717) is 0 Å². The minimum Gasteiger partial charge on any atom is -0.468 e. The molecule has 5 nitrogen and oxygen atoms in total. The maximum absolute atomic E-state index is 13.7. The monoisotopic (exact) mass is 382 g/mol. The number of rotatable bonds is 2. The van der Waals surface area contributed by atoms with Crippen LogP contribution in [0.4, 0.5) is 5.69 Å². The van der Waals surface area contributed by atoms with Crippen LogP contribution in [0.2, 0.25) is 0 Å². The van der Waals surface area contributed by atoms with E-state index in [1.54, 1.807) is 0 Å². The second kappa shape index (κ2) is 5.39. The average Bonchev–Trinajstić information content (AvgIpc) is 3.04. The van der Waals surface area contributed by atoms with Crippen molar-refractivity contribution in [2.45, 2.75) is 50.6 Å². The van der Waals surface area contributed by atoms with E-state index in [2.05, 4.69) is 55.3 Å². The van der Waals surface area contributed by atoms with E-state index in [-0.39, 0.29) is 24.2 Å². The number of ether oxygens (including phenoxy) is 1. The molecule has 5 rings (SSSR count). The van der Waals surface area contributed by atoms with Gasteiger partial charge in [-0.25, -0.2) is 0 Å². The van der Waals surface area contributed by atoms with Crippen molar-refractivity contribution < 1.29 is 14.6 Å². The van der Waals surface area contributed by atoms with Gasteiger partial charge in [0.25, 0.3) is 0 Å². The molecule has 1 saturated carbocycles. The van der Waals surface area contributed by atoms with Gasteiger partial charge >= 0.3 is 5.97 Å². The molecule has 0 amide bonds. The summed E-state index contributed by atoms with van der Waals surface area (Å²) < 4.78 is 5.47. The summed E-state index contributed by atoms with van der Waals surface area (Å²) in [6.45, 7) is 8.13. The number of carbonyl (C=O) groups excluding carboxylic acids is 1. The van der Waals surface area contributed by atoms with Crippen LogP contribution in [0, 0.1) is 10.8 Å². The van der Waals surface area contributed by atoms with Gasteiger partial charge < -0.3 is 15.2 Å². The molecule has 1 aliphatic carbocycles. The summed E-state index contributed by atoms with van der Waals surface area (Å²) in [4.78, 5) is 16.3. The van der Waals surface area contributed by atoms with Crippen LogP contribution in [0.3, 0.4) is 0 Å². The number of benzene rings is 1. The molecule has 3 fully saturated rings. The third-order valence-corrected chi connectivity index (χ3v) is 8.93. The number of carbonyl (C=O) groups is 1. The third kappa shape index (κ3) is 1.59. The lowest BCUT2D eigenvalue weighted by Crippen LogP contribution is -2.83. The van der Waals surface area contributed by atoms with E-state index in [0.717, 1.165) is 37.2 Å². The number of aliphatic hydroxyl groups excluding tert-OH is 1. The molecule has 5 atom stereocenters. The van der Waals surface area contributed by atoms with Crippen LogP contribution in [0.25, 0.3) is 0 Å². The number of nitrogens with one attached hydrogen (secondary N) is 1. The van der Waals surface area contributed by atoms with Crippen molar-refractivity contribution in [1.29, 1.82) is 0 Å². The minimum atomic E-state index is -1.02. The summed E-state index contributed by atoms with van der Waals surface area (Å²) in [7, 11) is 1.46.